The third kappa shape index (κ3) is 2.93. The smallest absolute Gasteiger partial charge is 0.150 e. The number of hydrogen-bond acceptors (Lipinski definition) is 1. The number of hydrogen-bond donors (Lipinski definition) is 0. The Hall–Kier alpha value is -1.89. The quantitative estimate of drug-likeness (QED) is 0.711. The van der Waals surface area contributed by atoms with E-state index in [0.717, 1.165) is 29.4 Å². The number of benzene rings is 2. The number of aldehydes is 1. The minimum Gasteiger partial charge on any atom is -0.298 e. The van der Waals surface area contributed by atoms with E-state index < -0.39 is 0 Å². The zero-order valence-corrected chi connectivity index (χ0v) is 11.8. The van der Waals surface area contributed by atoms with Crippen LogP contribution in [-0.2, 0) is 5.41 Å². The summed E-state index contributed by atoms with van der Waals surface area (Å²) in [6.45, 7) is 6.73. The van der Waals surface area contributed by atoms with Crippen LogP contribution in [0.1, 0.15) is 43.1 Å². The second kappa shape index (κ2) is 5.40. The zero-order chi connectivity index (χ0) is 13.9. The molecule has 0 aliphatic rings. The van der Waals surface area contributed by atoms with Gasteiger partial charge in [0.25, 0.3) is 0 Å². The van der Waals surface area contributed by atoms with Crippen LogP contribution in [0, 0.1) is 0 Å². The topological polar surface area (TPSA) is 17.1 Å². The lowest BCUT2D eigenvalue weighted by atomic mass is 9.82. The summed E-state index contributed by atoms with van der Waals surface area (Å²) in [5.41, 5.74) is 4.52. The third-order valence-corrected chi connectivity index (χ3v) is 3.91. The van der Waals surface area contributed by atoms with Gasteiger partial charge in [-0.25, -0.2) is 0 Å². The van der Waals surface area contributed by atoms with Crippen molar-refractivity contribution in [2.75, 3.05) is 0 Å². The highest BCUT2D eigenvalue weighted by molar-refractivity contribution is 5.78. The van der Waals surface area contributed by atoms with Crippen LogP contribution in [-0.4, -0.2) is 6.29 Å². The monoisotopic (exact) mass is 252 g/mol. The van der Waals surface area contributed by atoms with Crippen molar-refractivity contribution in [2.24, 2.45) is 0 Å². The fourth-order valence-electron chi connectivity index (χ4n) is 2.11. The van der Waals surface area contributed by atoms with Gasteiger partial charge in [-0.05, 0) is 34.6 Å². The van der Waals surface area contributed by atoms with E-state index >= 15 is 0 Å². The van der Waals surface area contributed by atoms with Gasteiger partial charge >= 0.3 is 0 Å². The molecule has 1 heteroatoms. The Morgan fingerprint density at radius 2 is 1.68 bits per heavy atom. The summed E-state index contributed by atoms with van der Waals surface area (Å²) in [5.74, 6) is 0. The summed E-state index contributed by atoms with van der Waals surface area (Å²) in [5, 5.41) is 0. The average Bonchev–Trinajstić information content (AvgIpc) is 2.47. The lowest BCUT2D eigenvalue weighted by Gasteiger charge is -2.23. The number of carbonyl (C=O) groups excluding carboxylic acids is 1. The minimum absolute atomic E-state index is 0.211. The Bertz CT molecular complexity index is 564. The van der Waals surface area contributed by atoms with Gasteiger partial charge in [0, 0.05) is 5.56 Å². The normalized spacial score (nSPS) is 11.3. The molecule has 0 radical (unpaired) electrons. The molecular weight excluding hydrogens is 232 g/mol. The zero-order valence-electron chi connectivity index (χ0n) is 11.8. The molecule has 0 aliphatic carbocycles. The van der Waals surface area contributed by atoms with E-state index in [-0.39, 0.29) is 5.41 Å². The SMILES string of the molecule is CCC(C)(C)c1ccc(-c2cccc(C=O)c2)cc1. The fourth-order valence-corrected chi connectivity index (χ4v) is 2.11. The first kappa shape index (κ1) is 13.5. The van der Waals surface area contributed by atoms with E-state index in [9.17, 15) is 4.79 Å². The van der Waals surface area contributed by atoms with Crippen LogP contribution in [0.2, 0.25) is 0 Å². The third-order valence-electron chi connectivity index (χ3n) is 3.91. The molecule has 0 amide bonds. The molecule has 0 spiro atoms. The van der Waals surface area contributed by atoms with Crippen molar-refractivity contribution in [3.05, 3.63) is 59.7 Å². The van der Waals surface area contributed by atoms with E-state index in [2.05, 4.69) is 45.0 Å². The van der Waals surface area contributed by atoms with Gasteiger partial charge < -0.3 is 0 Å². The maximum atomic E-state index is 10.8. The van der Waals surface area contributed by atoms with E-state index in [1.54, 1.807) is 0 Å². The largest absolute Gasteiger partial charge is 0.298 e. The molecule has 0 saturated carbocycles. The summed E-state index contributed by atoms with van der Waals surface area (Å²) < 4.78 is 0. The molecule has 0 fully saturated rings. The first-order valence-electron chi connectivity index (χ1n) is 6.73. The second-order valence-corrected chi connectivity index (χ2v) is 5.56. The van der Waals surface area contributed by atoms with Gasteiger partial charge in [0.1, 0.15) is 6.29 Å². The Balaban J connectivity index is 2.34. The Morgan fingerprint density at radius 3 is 2.26 bits per heavy atom. The minimum atomic E-state index is 0.211. The second-order valence-electron chi connectivity index (χ2n) is 5.56. The van der Waals surface area contributed by atoms with E-state index in [1.165, 1.54) is 5.56 Å². The average molecular weight is 252 g/mol. The van der Waals surface area contributed by atoms with Gasteiger partial charge in [-0.1, -0.05) is 63.2 Å². The van der Waals surface area contributed by atoms with Crippen LogP contribution in [0.4, 0.5) is 0 Å². The summed E-state index contributed by atoms with van der Waals surface area (Å²) in [4.78, 5) is 10.8. The molecule has 0 saturated heterocycles. The van der Waals surface area contributed by atoms with Crippen LogP contribution < -0.4 is 0 Å². The molecule has 0 N–H and O–H groups in total. The molecule has 1 nitrogen and oxygen atoms in total. The van der Waals surface area contributed by atoms with Crippen molar-refractivity contribution in [3.63, 3.8) is 0 Å². The highest BCUT2D eigenvalue weighted by Crippen LogP contribution is 2.29. The molecule has 19 heavy (non-hydrogen) atoms. The Morgan fingerprint density at radius 1 is 1.00 bits per heavy atom. The lowest BCUT2D eigenvalue weighted by Crippen LogP contribution is -2.14. The maximum absolute atomic E-state index is 10.8. The van der Waals surface area contributed by atoms with Gasteiger partial charge in [0.2, 0.25) is 0 Å². The van der Waals surface area contributed by atoms with Crippen molar-refractivity contribution in [1.29, 1.82) is 0 Å². The standard InChI is InChI=1S/C18H20O/c1-4-18(2,3)17-10-8-15(9-11-17)16-7-5-6-14(12-16)13-19/h5-13H,4H2,1-3H3. The Kier molecular flexibility index (Phi) is 3.84. The van der Waals surface area contributed by atoms with Gasteiger partial charge in [0.05, 0.1) is 0 Å². The first-order chi connectivity index (χ1) is 9.06. The van der Waals surface area contributed by atoms with Crippen molar-refractivity contribution >= 4 is 6.29 Å². The molecule has 0 heterocycles. The predicted octanol–water partition coefficient (Wildman–Crippen LogP) is 4.85. The van der Waals surface area contributed by atoms with Gasteiger partial charge in [-0.3, -0.25) is 4.79 Å². The molecule has 2 rings (SSSR count). The molecule has 0 bridgehead atoms. The first-order valence-corrected chi connectivity index (χ1v) is 6.73. The summed E-state index contributed by atoms with van der Waals surface area (Å²) in [6, 6.07) is 16.3. The Labute approximate surface area is 115 Å². The van der Waals surface area contributed by atoms with Crippen LogP contribution in [0.25, 0.3) is 11.1 Å². The van der Waals surface area contributed by atoms with Gasteiger partial charge in [0.15, 0.2) is 0 Å². The maximum Gasteiger partial charge on any atom is 0.150 e. The highest BCUT2D eigenvalue weighted by Gasteiger charge is 2.17. The van der Waals surface area contributed by atoms with Crippen LogP contribution in [0.3, 0.4) is 0 Å². The summed E-state index contributed by atoms with van der Waals surface area (Å²) >= 11 is 0. The van der Waals surface area contributed by atoms with Gasteiger partial charge in [-0.15, -0.1) is 0 Å². The molecule has 0 unspecified atom stereocenters. The molecule has 0 aromatic heterocycles. The van der Waals surface area contributed by atoms with E-state index in [0.29, 0.717) is 0 Å². The predicted molar refractivity (Wildman–Crippen MR) is 80.6 cm³/mol. The molecule has 2 aromatic carbocycles. The molecule has 98 valence electrons. The number of rotatable bonds is 4. The highest BCUT2D eigenvalue weighted by atomic mass is 16.1. The van der Waals surface area contributed by atoms with Crippen molar-refractivity contribution < 1.29 is 4.79 Å². The molecule has 0 atom stereocenters. The van der Waals surface area contributed by atoms with E-state index in [1.807, 2.05) is 24.3 Å². The fraction of sp³-hybridized carbons (Fsp3) is 0.278. The molecule has 0 aliphatic heterocycles. The lowest BCUT2D eigenvalue weighted by molar-refractivity contribution is 0.112. The summed E-state index contributed by atoms with van der Waals surface area (Å²) in [6.07, 6.45) is 2.00. The van der Waals surface area contributed by atoms with Crippen LogP contribution >= 0.6 is 0 Å². The summed E-state index contributed by atoms with van der Waals surface area (Å²) in [7, 11) is 0. The molecule has 2 aromatic rings. The van der Waals surface area contributed by atoms with Crippen molar-refractivity contribution in [3.8, 4) is 11.1 Å². The van der Waals surface area contributed by atoms with E-state index in [4.69, 9.17) is 0 Å². The number of carbonyl (C=O) groups is 1. The molecular formula is C18H20O. The van der Waals surface area contributed by atoms with Crippen molar-refractivity contribution in [2.45, 2.75) is 32.6 Å². The van der Waals surface area contributed by atoms with Crippen LogP contribution in [0.5, 0.6) is 0 Å². The van der Waals surface area contributed by atoms with Crippen molar-refractivity contribution in [1.82, 2.24) is 0 Å². The van der Waals surface area contributed by atoms with Gasteiger partial charge in [-0.2, -0.15) is 0 Å². The van der Waals surface area contributed by atoms with Crippen LogP contribution in [0.15, 0.2) is 48.5 Å².